The van der Waals surface area contributed by atoms with Crippen molar-refractivity contribution in [2.75, 3.05) is 6.54 Å². The minimum absolute atomic E-state index is 0.486. The Hall–Kier alpha value is -1.39. The first-order valence-corrected chi connectivity index (χ1v) is 6.97. The second-order valence-electron chi connectivity index (χ2n) is 4.91. The lowest BCUT2D eigenvalue weighted by molar-refractivity contribution is 0.360. The van der Waals surface area contributed by atoms with Crippen LogP contribution in [0, 0.1) is 0 Å². The minimum Gasteiger partial charge on any atom is -0.339 e. The van der Waals surface area contributed by atoms with Gasteiger partial charge in [0.05, 0.1) is 0 Å². The Morgan fingerprint density at radius 2 is 2.37 bits per heavy atom. The van der Waals surface area contributed by atoms with Crippen molar-refractivity contribution in [1.29, 1.82) is 0 Å². The third kappa shape index (κ3) is 3.33. The molecule has 4 nitrogen and oxygen atoms in total. The highest BCUT2D eigenvalue weighted by molar-refractivity contribution is 6.30. The molecular weight excluding hydrogens is 262 g/mol. The molecule has 0 amide bonds. The molecule has 0 aliphatic carbocycles. The zero-order valence-electron chi connectivity index (χ0n) is 10.6. The van der Waals surface area contributed by atoms with E-state index in [1.807, 2.05) is 24.3 Å². The fourth-order valence-corrected chi connectivity index (χ4v) is 2.63. The first kappa shape index (κ1) is 12.6. The Kier molecular flexibility index (Phi) is 3.80. The van der Waals surface area contributed by atoms with Crippen molar-refractivity contribution in [3.8, 4) is 0 Å². The van der Waals surface area contributed by atoms with E-state index in [4.69, 9.17) is 16.1 Å². The fourth-order valence-electron chi connectivity index (χ4n) is 2.42. The van der Waals surface area contributed by atoms with Crippen molar-refractivity contribution in [2.45, 2.75) is 31.7 Å². The molecule has 1 aliphatic heterocycles. The van der Waals surface area contributed by atoms with Gasteiger partial charge in [0.25, 0.3) is 0 Å². The fraction of sp³-hybridized carbons (Fsp3) is 0.429. The van der Waals surface area contributed by atoms with Gasteiger partial charge < -0.3 is 9.84 Å². The second-order valence-corrected chi connectivity index (χ2v) is 5.34. The summed E-state index contributed by atoms with van der Waals surface area (Å²) in [6.45, 7) is 1.09. The van der Waals surface area contributed by atoms with Gasteiger partial charge in [0.1, 0.15) is 0 Å². The maximum Gasteiger partial charge on any atom is 0.228 e. The third-order valence-electron chi connectivity index (χ3n) is 3.34. The van der Waals surface area contributed by atoms with Crippen LogP contribution in [0.3, 0.4) is 0 Å². The van der Waals surface area contributed by atoms with Crippen LogP contribution in [0.4, 0.5) is 0 Å². The minimum atomic E-state index is 0.486. The topological polar surface area (TPSA) is 51.0 Å². The molecular formula is C14H16ClN3O. The average Bonchev–Trinajstić information content (AvgIpc) is 3.02. The Balaban J connectivity index is 1.64. The van der Waals surface area contributed by atoms with Crippen molar-refractivity contribution in [1.82, 2.24) is 15.5 Å². The van der Waals surface area contributed by atoms with Gasteiger partial charge in [0, 0.05) is 23.9 Å². The summed E-state index contributed by atoms with van der Waals surface area (Å²) >= 11 is 5.96. The lowest BCUT2D eigenvalue weighted by Gasteiger charge is -2.04. The smallest absolute Gasteiger partial charge is 0.228 e. The zero-order valence-corrected chi connectivity index (χ0v) is 11.4. The maximum atomic E-state index is 5.96. The van der Waals surface area contributed by atoms with Gasteiger partial charge in [-0.2, -0.15) is 4.98 Å². The predicted octanol–water partition coefficient (Wildman–Crippen LogP) is 2.61. The molecule has 1 saturated heterocycles. The summed E-state index contributed by atoms with van der Waals surface area (Å²) in [6.07, 6.45) is 3.89. The molecule has 0 spiro atoms. The van der Waals surface area contributed by atoms with Gasteiger partial charge in [-0.3, -0.25) is 0 Å². The molecule has 19 heavy (non-hydrogen) atoms. The zero-order chi connectivity index (χ0) is 13.1. The molecule has 1 aromatic carbocycles. The summed E-state index contributed by atoms with van der Waals surface area (Å²) in [5.41, 5.74) is 1.10. The van der Waals surface area contributed by atoms with Crippen molar-refractivity contribution < 1.29 is 4.52 Å². The van der Waals surface area contributed by atoms with E-state index < -0.39 is 0 Å². The maximum absolute atomic E-state index is 5.96. The molecule has 0 bridgehead atoms. The normalized spacial score (nSPS) is 18.9. The first-order chi connectivity index (χ1) is 9.29. The number of rotatable bonds is 4. The number of hydrogen-bond acceptors (Lipinski definition) is 4. The van der Waals surface area contributed by atoms with Crippen LogP contribution >= 0.6 is 11.6 Å². The number of hydrogen-bond donors (Lipinski definition) is 1. The van der Waals surface area contributed by atoms with E-state index in [0.717, 1.165) is 35.3 Å². The van der Waals surface area contributed by atoms with Gasteiger partial charge in [-0.25, -0.2) is 0 Å². The van der Waals surface area contributed by atoms with Crippen molar-refractivity contribution >= 4 is 11.6 Å². The molecule has 3 rings (SSSR count). The van der Waals surface area contributed by atoms with E-state index in [9.17, 15) is 0 Å². The largest absolute Gasteiger partial charge is 0.339 e. The molecule has 0 saturated carbocycles. The van der Waals surface area contributed by atoms with E-state index in [1.54, 1.807) is 0 Å². The van der Waals surface area contributed by atoms with E-state index in [1.165, 1.54) is 12.8 Å². The summed E-state index contributed by atoms with van der Waals surface area (Å²) in [5, 5.41) is 8.19. The van der Waals surface area contributed by atoms with Crippen LogP contribution in [0.25, 0.3) is 0 Å². The van der Waals surface area contributed by atoms with Crippen molar-refractivity contribution in [3.63, 3.8) is 0 Å². The van der Waals surface area contributed by atoms with Crippen LogP contribution in [0.15, 0.2) is 28.8 Å². The molecule has 1 atom stereocenters. The second kappa shape index (κ2) is 5.72. The van der Waals surface area contributed by atoms with Gasteiger partial charge in [0.2, 0.25) is 5.89 Å². The lowest BCUT2D eigenvalue weighted by atomic mass is 10.1. The van der Waals surface area contributed by atoms with E-state index in [2.05, 4.69) is 15.5 Å². The molecule has 1 aromatic heterocycles. The van der Waals surface area contributed by atoms with Crippen LogP contribution in [0.5, 0.6) is 0 Å². The quantitative estimate of drug-likeness (QED) is 0.933. The van der Waals surface area contributed by atoms with E-state index in [0.29, 0.717) is 12.5 Å². The van der Waals surface area contributed by atoms with Crippen LogP contribution < -0.4 is 5.32 Å². The van der Waals surface area contributed by atoms with Gasteiger partial charge >= 0.3 is 0 Å². The average molecular weight is 278 g/mol. The van der Waals surface area contributed by atoms with Crippen molar-refractivity contribution in [2.24, 2.45) is 0 Å². The third-order valence-corrected chi connectivity index (χ3v) is 3.58. The number of halogens is 1. The van der Waals surface area contributed by atoms with Crippen LogP contribution in [-0.2, 0) is 12.8 Å². The van der Waals surface area contributed by atoms with Gasteiger partial charge in [-0.15, -0.1) is 0 Å². The first-order valence-electron chi connectivity index (χ1n) is 6.59. The monoisotopic (exact) mass is 277 g/mol. The molecule has 5 heteroatoms. The SMILES string of the molecule is Clc1cccc(Cc2noc(CC3CCCN3)n2)c1. The number of benzene rings is 1. The highest BCUT2D eigenvalue weighted by atomic mass is 35.5. The molecule has 2 heterocycles. The Morgan fingerprint density at radius 1 is 1.42 bits per heavy atom. The molecule has 100 valence electrons. The Morgan fingerprint density at radius 3 is 3.16 bits per heavy atom. The summed E-state index contributed by atoms with van der Waals surface area (Å²) in [5.74, 6) is 1.44. The summed E-state index contributed by atoms with van der Waals surface area (Å²) in [4.78, 5) is 4.44. The number of aromatic nitrogens is 2. The van der Waals surface area contributed by atoms with Crippen LogP contribution in [0.1, 0.15) is 30.1 Å². The number of nitrogens with zero attached hydrogens (tertiary/aromatic N) is 2. The number of nitrogens with one attached hydrogen (secondary N) is 1. The Labute approximate surface area is 117 Å². The van der Waals surface area contributed by atoms with Crippen molar-refractivity contribution in [3.05, 3.63) is 46.6 Å². The van der Waals surface area contributed by atoms with E-state index in [-0.39, 0.29) is 0 Å². The predicted molar refractivity (Wildman–Crippen MR) is 73.3 cm³/mol. The van der Waals surface area contributed by atoms with Gasteiger partial charge in [0.15, 0.2) is 5.82 Å². The molecule has 1 aliphatic rings. The van der Waals surface area contributed by atoms with E-state index >= 15 is 0 Å². The molecule has 0 radical (unpaired) electrons. The van der Waals surface area contributed by atoms with Gasteiger partial charge in [-0.05, 0) is 37.1 Å². The Bertz CT molecular complexity index is 549. The highest BCUT2D eigenvalue weighted by Gasteiger charge is 2.18. The lowest BCUT2D eigenvalue weighted by Crippen LogP contribution is -2.23. The molecule has 2 aromatic rings. The summed E-state index contributed by atoms with van der Waals surface area (Å²) in [6, 6.07) is 8.22. The standard InChI is InChI=1S/C14H16ClN3O/c15-11-4-1-3-10(7-11)8-13-17-14(19-18-13)9-12-5-2-6-16-12/h1,3-4,7,12,16H,2,5-6,8-9H2. The van der Waals surface area contributed by atoms with Gasteiger partial charge in [-0.1, -0.05) is 28.9 Å². The van der Waals surface area contributed by atoms with Crippen LogP contribution in [-0.4, -0.2) is 22.7 Å². The summed E-state index contributed by atoms with van der Waals surface area (Å²) < 4.78 is 5.29. The molecule has 1 unspecified atom stereocenters. The summed E-state index contributed by atoms with van der Waals surface area (Å²) in [7, 11) is 0. The molecule has 1 fully saturated rings. The van der Waals surface area contributed by atoms with Crippen LogP contribution in [0.2, 0.25) is 5.02 Å². The highest BCUT2D eigenvalue weighted by Crippen LogP contribution is 2.15. The molecule has 1 N–H and O–H groups in total.